The monoisotopic (exact) mass is 232 g/mol. The van der Waals surface area contributed by atoms with Crippen molar-refractivity contribution < 1.29 is 0 Å². The molecule has 1 heterocycles. The minimum atomic E-state index is -0.333. The largest absolute Gasteiger partial charge is 0.299 e. The van der Waals surface area contributed by atoms with Gasteiger partial charge in [0.05, 0.1) is 17.8 Å². The molecule has 2 rings (SSSR count). The van der Waals surface area contributed by atoms with Crippen molar-refractivity contribution in [1.82, 2.24) is 15.1 Å². The van der Waals surface area contributed by atoms with Crippen molar-refractivity contribution in [3.63, 3.8) is 0 Å². The Labute approximate surface area is 103 Å². The number of hydrogen-bond donors (Lipinski definition) is 1. The zero-order valence-electron chi connectivity index (χ0n) is 10.6. The fourth-order valence-corrected chi connectivity index (χ4v) is 2.55. The summed E-state index contributed by atoms with van der Waals surface area (Å²) in [5.41, 5.74) is 0.710. The van der Waals surface area contributed by atoms with Gasteiger partial charge >= 0.3 is 0 Å². The molecule has 1 aromatic rings. The van der Waals surface area contributed by atoms with Crippen molar-refractivity contribution in [2.45, 2.75) is 51.1 Å². The van der Waals surface area contributed by atoms with E-state index in [9.17, 15) is 5.26 Å². The topological polar surface area (TPSA) is 53.6 Å². The SMILES string of the molecule is CCCNC1(C#N)CCC(n2ccc(C)n2)C1. The number of rotatable bonds is 4. The lowest BCUT2D eigenvalue weighted by molar-refractivity contribution is 0.388. The van der Waals surface area contributed by atoms with E-state index in [1.165, 1.54) is 0 Å². The number of nitriles is 1. The van der Waals surface area contributed by atoms with Crippen molar-refractivity contribution in [1.29, 1.82) is 5.26 Å². The van der Waals surface area contributed by atoms with Crippen LogP contribution in [0, 0.1) is 18.3 Å². The van der Waals surface area contributed by atoms with Crippen molar-refractivity contribution in [2.24, 2.45) is 0 Å². The van der Waals surface area contributed by atoms with Crippen LogP contribution in [0.1, 0.15) is 44.3 Å². The average molecular weight is 232 g/mol. The van der Waals surface area contributed by atoms with Crippen molar-refractivity contribution >= 4 is 0 Å². The Kier molecular flexibility index (Phi) is 3.49. The fraction of sp³-hybridized carbons (Fsp3) is 0.692. The first-order valence-electron chi connectivity index (χ1n) is 6.37. The molecule has 1 aromatic heterocycles. The molecule has 0 saturated heterocycles. The van der Waals surface area contributed by atoms with E-state index in [1.54, 1.807) is 0 Å². The first-order valence-corrected chi connectivity index (χ1v) is 6.37. The van der Waals surface area contributed by atoms with E-state index < -0.39 is 0 Å². The highest BCUT2D eigenvalue weighted by atomic mass is 15.3. The highest BCUT2D eigenvalue weighted by Crippen LogP contribution is 2.37. The molecule has 92 valence electrons. The summed E-state index contributed by atoms with van der Waals surface area (Å²) in [5.74, 6) is 0. The molecule has 0 spiro atoms. The van der Waals surface area contributed by atoms with Crippen LogP contribution in [-0.4, -0.2) is 21.9 Å². The van der Waals surface area contributed by atoms with Crippen LogP contribution >= 0.6 is 0 Å². The summed E-state index contributed by atoms with van der Waals surface area (Å²) in [6.45, 7) is 5.04. The Hall–Kier alpha value is -1.34. The third-order valence-electron chi connectivity index (χ3n) is 3.53. The smallest absolute Gasteiger partial charge is 0.108 e. The summed E-state index contributed by atoms with van der Waals surface area (Å²) < 4.78 is 2.02. The Balaban J connectivity index is 2.05. The van der Waals surface area contributed by atoms with Gasteiger partial charge < -0.3 is 0 Å². The summed E-state index contributed by atoms with van der Waals surface area (Å²) in [5, 5.41) is 17.2. The van der Waals surface area contributed by atoms with E-state index in [1.807, 2.05) is 23.9 Å². The van der Waals surface area contributed by atoms with Crippen molar-refractivity contribution in [2.75, 3.05) is 6.54 Å². The molecule has 0 aromatic carbocycles. The van der Waals surface area contributed by atoms with Gasteiger partial charge in [0.1, 0.15) is 5.54 Å². The van der Waals surface area contributed by atoms with Gasteiger partial charge in [0.25, 0.3) is 0 Å². The van der Waals surface area contributed by atoms with Crippen LogP contribution in [0.2, 0.25) is 0 Å². The Morgan fingerprint density at radius 1 is 1.71 bits per heavy atom. The predicted octanol–water partition coefficient (Wildman–Crippen LogP) is 2.18. The molecule has 0 bridgehead atoms. The van der Waals surface area contributed by atoms with Gasteiger partial charge in [-0.25, -0.2) is 0 Å². The maximum Gasteiger partial charge on any atom is 0.108 e. The third-order valence-corrected chi connectivity index (χ3v) is 3.53. The zero-order chi connectivity index (χ0) is 12.3. The lowest BCUT2D eigenvalue weighted by atomic mass is 9.99. The molecule has 2 unspecified atom stereocenters. The van der Waals surface area contributed by atoms with Gasteiger partial charge in [-0.2, -0.15) is 10.4 Å². The van der Waals surface area contributed by atoms with E-state index in [0.717, 1.165) is 37.9 Å². The highest BCUT2D eigenvalue weighted by molar-refractivity contribution is 5.13. The molecule has 1 N–H and O–H groups in total. The molecule has 0 amide bonds. The zero-order valence-corrected chi connectivity index (χ0v) is 10.6. The molecule has 1 aliphatic carbocycles. The van der Waals surface area contributed by atoms with Gasteiger partial charge in [-0.15, -0.1) is 0 Å². The van der Waals surface area contributed by atoms with Gasteiger partial charge in [-0.05, 0) is 38.8 Å². The maximum absolute atomic E-state index is 9.37. The third kappa shape index (κ3) is 2.50. The predicted molar refractivity (Wildman–Crippen MR) is 66.5 cm³/mol. The molecule has 4 nitrogen and oxygen atoms in total. The van der Waals surface area contributed by atoms with Crippen LogP contribution in [0.25, 0.3) is 0 Å². The minimum absolute atomic E-state index is 0.333. The second-order valence-electron chi connectivity index (χ2n) is 4.95. The maximum atomic E-state index is 9.37. The van der Waals surface area contributed by atoms with Gasteiger partial charge in [0, 0.05) is 12.6 Å². The standard InChI is InChI=1S/C13H20N4/c1-3-7-15-13(10-14)6-4-12(9-13)17-8-5-11(2)16-17/h5,8,12,15H,3-4,6-7,9H2,1-2H3. The summed E-state index contributed by atoms with van der Waals surface area (Å²) in [4.78, 5) is 0. The van der Waals surface area contributed by atoms with Gasteiger partial charge in [-0.3, -0.25) is 10.00 Å². The molecule has 4 heteroatoms. The summed E-state index contributed by atoms with van der Waals surface area (Å²) >= 11 is 0. The molecular formula is C13H20N4. The molecular weight excluding hydrogens is 212 g/mol. The summed E-state index contributed by atoms with van der Waals surface area (Å²) in [7, 11) is 0. The quantitative estimate of drug-likeness (QED) is 0.865. The van der Waals surface area contributed by atoms with E-state index in [0.29, 0.717) is 6.04 Å². The van der Waals surface area contributed by atoms with Gasteiger partial charge in [-0.1, -0.05) is 6.92 Å². The van der Waals surface area contributed by atoms with Crippen molar-refractivity contribution in [3.8, 4) is 6.07 Å². The Morgan fingerprint density at radius 3 is 3.12 bits per heavy atom. The van der Waals surface area contributed by atoms with E-state index in [-0.39, 0.29) is 5.54 Å². The number of aryl methyl sites for hydroxylation is 1. The van der Waals surface area contributed by atoms with E-state index in [4.69, 9.17) is 0 Å². The van der Waals surface area contributed by atoms with Crippen molar-refractivity contribution in [3.05, 3.63) is 18.0 Å². The number of nitrogens with zero attached hydrogens (tertiary/aromatic N) is 3. The molecule has 1 aliphatic rings. The Morgan fingerprint density at radius 2 is 2.53 bits per heavy atom. The summed E-state index contributed by atoms with van der Waals surface area (Å²) in [6, 6.07) is 4.85. The Bertz CT molecular complexity index is 417. The van der Waals surface area contributed by atoms with Crippen LogP contribution < -0.4 is 5.32 Å². The normalized spacial score (nSPS) is 28.2. The molecule has 0 aliphatic heterocycles. The molecule has 2 atom stereocenters. The molecule has 1 fully saturated rings. The van der Waals surface area contributed by atoms with E-state index >= 15 is 0 Å². The highest BCUT2D eigenvalue weighted by Gasteiger charge is 2.39. The summed E-state index contributed by atoms with van der Waals surface area (Å²) in [6.07, 6.45) is 5.91. The minimum Gasteiger partial charge on any atom is -0.299 e. The average Bonchev–Trinajstić information content (AvgIpc) is 2.93. The lowest BCUT2D eigenvalue weighted by Gasteiger charge is -2.22. The van der Waals surface area contributed by atoms with Crippen LogP contribution in [0.5, 0.6) is 0 Å². The first-order chi connectivity index (χ1) is 8.19. The van der Waals surface area contributed by atoms with Crippen LogP contribution in [0.4, 0.5) is 0 Å². The second kappa shape index (κ2) is 4.89. The second-order valence-corrected chi connectivity index (χ2v) is 4.95. The molecule has 0 radical (unpaired) electrons. The number of aromatic nitrogens is 2. The van der Waals surface area contributed by atoms with Crippen LogP contribution in [0.15, 0.2) is 12.3 Å². The first kappa shape index (κ1) is 12.1. The molecule has 1 saturated carbocycles. The number of hydrogen-bond acceptors (Lipinski definition) is 3. The lowest BCUT2D eigenvalue weighted by Crippen LogP contribution is -2.42. The molecule has 17 heavy (non-hydrogen) atoms. The van der Waals surface area contributed by atoms with Gasteiger partial charge in [0.15, 0.2) is 0 Å². The fourth-order valence-electron chi connectivity index (χ4n) is 2.55. The van der Waals surface area contributed by atoms with Crippen LogP contribution in [0.3, 0.4) is 0 Å². The van der Waals surface area contributed by atoms with Crippen LogP contribution in [-0.2, 0) is 0 Å². The van der Waals surface area contributed by atoms with E-state index in [2.05, 4.69) is 23.4 Å². The number of nitrogens with one attached hydrogen (secondary N) is 1. The van der Waals surface area contributed by atoms with Gasteiger partial charge in [0.2, 0.25) is 0 Å².